The summed E-state index contributed by atoms with van der Waals surface area (Å²) in [6.45, 7) is 13.2. The number of rotatable bonds is 5. The molecule has 2 atom stereocenters. The van der Waals surface area contributed by atoms with E-state index < -0.39 is 0 Å². The molecule has 184 valence electrons. The molecule has 1 fully saturated rings. The van der Waals surface area contributed by atoms with Gasteiger partial charge >= 0.3 is 0 Å². The molecule has 0 aliphatic carbocycles. The van der Waals surface area contributed by atoms with Gasteiger partial charge in [0.1, 0.15) is 0 Å². The van der Waals surface area contributed by atoms with Gasteiger partial charge in [0.25, 0.3) is 0 Å². The van der Waals surface area contributed by atoms with Crippen LogP contribution in [0.1, 0.15) is 71.2 Å². The van der Waals surface area contributed by atoms with E-state index in [1.807, 2.05) is 18.3 Å². The van der Waals surface area contributed by atoms with Crippen molar-refractivity contribution in [3.05, 3.63) is 112 Å². The van der Waals surface area contributed by atoms with Crippen LogP contribution in [0.5, 0.6) is 0 Å². The van der Waals surface area contributed by atoms with Gasteiger partial charge in [-0.25, -0.2) is 0 Å². The number of hydrogen-bond acceptors (Lipinski definition) is 2. The first-order chi connectivity index (χ1) is 17.3. The second-order valence-electron chi connectivity index (χ2n) is 10.1. The normalized spacial score (nSPS) is 17.6. The average molecular weight is 495 g/mol. The largest absolute Gasteiger partial charge is 0.351 e. The van der Waals surface area contributed by atoms with Crippen LogP contribution in [0.2, 0.25) is 0 Å². The molecule has 36 heavy (non-hydrogen) atoms. The zero-order chi connectivity index (χ0) is 25.6. The van der Waals surface area contributed by atoms with Gasteiger partial charge < -0.3 is 14.8 Å². The molecule has 4 nitrogen and oxygen atoms in total. The maximum Gasteiger partial charge on any atom is 0.174 e. The minimum atomic E-state index is -0.0592. The fourth-order valence-corrected chi connectivity index (χ4v) is 5.75. The van der Waals surface area contributed by atoms with Crippen molar-refractivity contribution >= 4 is 23.0 Å². The van der Waals surface area contributed by atoms with Gasteiger partial charge in [-0.1, -0.05) is 44.2 Å². The molecule has 1 N–H and O–H groups in total. The zero-order valence-electron chi connectivity index (χ0n) is 21.9. The average Bonchev–Trinajstić information content (AvgIpc) is 3.36. The first kappa shape index (κ1) is 24.3. The second-order valence-corrected chi connectivity index (χ2v) is 10.5. The van der Waals surface area contributed by atoms with Crippen LogP contribution in [0.3, 0.4) is 0 Å². The summed E-state index contributed by atoms with van der Waals surface area (Å²) in [6, 6.07) is 23.7. The Hall–Kier alpha value is -3.44. The highest BCUT2D eigenvalue weighted by molar-refractivity contribution is 7.80. The van der Waals surface area contributed by atoms with Crippen molar-refractivity contribution in [2.45, 2.75) is 59.5 Å². The van der Waals surface area contributed by atoms with Crippen LogP contribution in [0.25, 0.3) is 5.69 Å². The van der Waals surface area contributed by atoms with E-state index in [1.54, 1.807) is 0 Å². The molecule has 5 heteroatoms. The molecular formula is C31H34N4S. The van der Waals surface area contributed by atoms with Crippen molar-refractivity contribution in [1.82, 2.24) is 14.9 Å². The lowest BCUT2D eigenvalue weighted by Crippen LogP contribution is -2.29. The molecule has 3 heterocycles. The van der Waals surface area contributed by atoms with E-state index in [0.717, 1.165) is 16.5 Å². The lowest BCUT2D eigenvalue weighted by molar-refractivity contribution is 0.565. The monoisotopic (exact) mass is 494 g/mol. The zero-order valence-corrected chi connectivity index (χ0v) is 22.7. The van der Waals surface area contributed by atoms with Crippen molar-refractivity contribution in [3.63, 3.8) is 0 Å². The quantitative estimate of drug-likeness (QED) is 0.293. The van der Waals surface area contributed by atoms with E-state index in [0.29, 0.717) is 5.92 Å². The summed E-state index contributed by atoms with van der Waals surface area (Å²) in [6.07, 6.45) is 1.86. The van der Waals surface area contributed by atoms with Crippen LogP contribution in [0.15, 0.2) is 72.9 Å². The first-order valence-electron chi connectivity index (χ1n) is 12.6. The number of nitrogens with zero attached hydrogens (tertiary/aromatic N) is 3. The lowest BCUT2D eigenvalue weighted by atomic mass is 9.96. The van der Waals surface area contributed by atoms with Gasteiger partial charge in [0.2, 0.25) is 0 Å². The van der Waals surface area contributed by atoms with Crippen LogP contribution < -0.4 is 10.2 Å². The number of thiocarbonyl (C=S) groups is 1. The van der Waals surface area contributed by atoms with Crippen molar-refractivity contribution in [3.8, 4) is 5.69 Å². The van der Waals surface area contributed by atoms with Crippen LogP contribution >= 0.6 is 12.2 Å². The van der Waals surface area contributed by atoms with E-state index in [-0.39, 0.29) is 12.1 Å². The number of hydrogen-bond donors (Lipinski definition) is 1. The third kappa shape index (κ3) is 4.11. The predicted octanol–water partition coefficient (Wildman–Crippen LogP) is 7.41. The van der Waals surface area contributed by atoms with Crippen LogP contribution in [0.4, 0.5) is 5.69 Å². The number of aromatic nitrogens is 2. The smallest absolute Gasteiger partial charge is 0.174 e. The molecule has 1 saturated heterocycles. The van der Waals surface area contributed by atoms with Gasteiger partial charge in [0.15, 0.2) is 5.11 Å². The molecule has 1 aliphatic heterocycles. The summed E-state index contributed by atoms with van der Waals surface area (Å²) < 4.78 is 2.38. The van der Waals surface area contributed by atoms with Gasteiger partial charge in [-0.05, 0) is 104 Å². The maximum absolute atomic E-state index is 5.96. The van der Waals surface area contributed by atoms with Crippen molar-refractivity contribution in [1.29, 1.82) is 0 Å². The highest BCUT2D eigenvalue weighted by Crippen LogP contribution is 2.44. The maximum atomic E-state index is 5.96. The lowest BCUT2D eigenvalue weighted by Gasteiger charge is -2.28. The predicted molar refractivity (Wildman–Crippen MR) is 153 cm³/mol. The fourth-order valence-electron chi connectivity index (χ4n) is 5.40. The molecule has 5 rings (SSSR count). The molecule has 1 aliphatic rings. The van der Waals surface area contributed by atoms with Crippen molar-refractivity contribution < 1.29 is 0 Å². The molecule has 2 aromatic heterocycles. The third-order valence-electron chi connectivity index (χ3n) is 7.54. The highest BCUT2D eigenvalue weighted by Gasteiger charge is 2.42. The Morgan fingerprint density at radius 3 is 2.33 bits per heavy atom. The molecule has 0 radical (unpaired) electrons. The van der Waals surface area contributed by atoms with E-state index in [2.05, 4.69) is 111 Å². The Kier molecular flexibility index (Phi) is 6.44. The van der Waals surface area contributed by atoms with Crippen molar-refractivity contribution in [2.75, 3.05) is 4.90 Å². The summed E-state index contributed by atoms with van der Waals surface area (Å²) in [7, 11) is 0. The SMILES string of the molecule is Cc1cccc(-n2c(C)cc([C@@H]3[C@H](c4ccccn4)NC(=S)N3c3ccc(C(C)C)cc3)c2C)c1C. The minimum absolute atomic E-state index is 0.0256. The summed E-state index contributed by atoms with van der Waals surface area (Å²) in [5.41, 5.74) is 10.9. The van der Waals surface area contributed by atoms with E-state index in [1.165, 1.54) is 39.3 Å². The van der Waals surface area contributed by atoms with Crippen molar-refractivity contribution in [2.24, 2.45) is 0 Å². The number of pyridine rings is 1. The van der Waals surface area contributed by atoms with Crippen LogP contribution in [0, 0.1) is 27.7 Å². The van der Waals surface area contributed by atoms with Crippen LogP contribution in [-0.4, -0.2) is 14.7 Å². The molecule has 2 aromatic carbocycles. The van der Waals surface area contributed by atoms with Crippen LogP contribution in [-0.2, 0) is 0 Å². The molecule has 0 spiro atoms. The van der Waals surface area contributed by atoms with E-state index in [4.69, 9.17) is 17.2 Å². The van der Waals surface area contributed by atoms with Gasteiger partial charge in [0.05, 0.1) is 17.8 Å². The van der Waals surface area contributed by atoms with E-state index in [9.17, 15) is 0 Å². The highest BCUT2D eigenvalue weighted by atomic mass is 32.1. The molecule has 0 saturated carbocycles. The minimum Gasteiger partial charge on any atom is -0.351 e. The van der Waals surface area contributed by atoms with Gasteiger partial charge in [-0.15, -0.1) is 0 Å². The molecule has 0 unspecified atom stereocenters. The Labute approximate surface area is 220 Å². The Balaban J connectivity index is 1.68. The molecule has 4 aromatic rings. The Morgan fingerprint density at radius 1 is 0.917 bits per heavy atom. The topological polar surface area (TPSA) is 33.1 Å². The molecular weight excluding hydrogens is 460 g/mol. The van der Waals surface area contributed by atoms with Gasteiger partial charge in [-0.3, -0.25) is 4.98 Å². The third-order valence-corrected chi connectivity index (χ3v) is 7.86. The first-order valence-corrected chi connectivity index (χ1v) is 13.0. The summed E-state index contributed by atoms with van der Waals surface area (Å²) in [5.74, 6) is 0.483. The number of aryl methyl sites for hydroxylation is 2. The van der Waals surface area contributed by atoms with Gasteiger partial charge in [0, 0.05) is 29.0 Å². The molecule has 0 amide bonds. The number of benzene rings is 2. The second kappa shape index (κ2) is 9.55. The van der Waals surface area contributed by atoms with E-state index >= 15 is 0 Å². The van der Waals surface area contributed by atoms with Gasteiger partial charge in [-0.2, -0.15) is 0 Å². The summed E-state index contributed by atoms with van der Waals surface area (Å²) in [5, 5.41) is 4.33. The molecule has 0 bridgehead atoms. The summed E-state index contributed by atoms with van der Waals surface area (Å²) in [4.78, 5) is 7.00. The Bertz CT molecular complexity index is 1400. The standard InChI is InChI=1S/C31H34N4S/c1-19(2)24-13-15-25(16-14-24)35-30(29(33-31(35)36)27-11-7-8-17-32-27)26-18-21(4)34(23(26)6)28-12-9-10-20(3)22(28)5/h7-19,29-30H,1-6H3,(H,33,36)/t29-,30+/m0/s1. The summed E-state index contributed by atoms with van der Waals surface area (Å²) >= 11 is 5.96. The number of anilines is 1. The fraction of sp³-hybridized carbons (Fsp3) is 0.290. The number of nitrogens with one attached hydrogen (secondary N) is 1. The Morgan fingerprint density at radius 2 is 1.67 bits per heavy atom.